The van der Waals surface area contributed by atoms with E-state index in [1.54, 1.807) is 4.80 Å². The molecule has 0 aliphatic heterocycles. The van der Waals surface area contributed by atoms with Gasteiger partial charge < -0.3 is 24.0 Å². The zero-order valence-corrected chi connectivity index (χ0v) is 15.0. The second kappa shape index (κ2) is 9.81. The van der Waals surface area contributed by atoms with Crippen LogP contribution in [0.15, 0.2) is 24.5 Å². The summed E-state index contributed by atoms with van der Waals surface area (Å²) in [4.78, 5) is 1.71. The van der Waals surface area contributed by atoms with Crippen molar-refractivity contribution in [2.75, 3.05) is 0 Å². The number of rotatable bonds is 8. The molecule has 0 amide bonds. The molecule has 0 spiro atoms. The van der Waals surface area contributed by atoms with E-state index in [0.29, 0.717) is 5.82 Å². The normalized spacial score (nSPS) is 10.4. The second-order valence-corrected chi connectivity index (χ2v) is 5.23. The lowest BCUT2D eigenvalue weighted by molar-refractivity contribution is -0.671. The minimum absolute atomic E-state index is 0. The molecule has 0 saturated carbocycles. The lowest BCUT2D eigenvalue weighted by Crippen LogP contribution is -3.00. The summed E-state index contributed by atoms with van der Waals surface area (Å²) in [5.74, 6) is 0.701. The Bertz CT molecular complexity index is 526. The zero-order chi connectivity index (χ0) is 14.2. The number of aromatic nitrogens is 5. The van der Waals surface area contributed by atoms with Crippen molar-refractivity contribution in [3.8, 4) is 11.4 Å². The Morgan fingerprint density at radius 3 is 2.67 bits per heavy atom. The third-order valence-electron chi connectivity index (χ3n) is 3.36. The Balaban J connectivity index is 0.00000220. The molecule has 2 aromatic rings. The first-order valence-electron chi connectivity index (χ1n) is 7.53. The van der Waals surface area contributed by atoms with Crippen molar-refractivity contribution >= 4 is 0 Å². The molecule has 2 rings (SSSR count). The molecule has 0 unspecified atom stereocenters. The van der Waals surface area contributed by atoms with Crippen LogP contribution in [-0.2, 0) is 13.6 Å². The van der Waals surface area contributed by atoms with Crippen molar-refractivity contribution in [3.63, 3.8) is 0 Å². The van der Waals surface area contributed by atoms with Gasteiger partial charge in [0.15, 0.2) is 12.4 Å². The highest BCUT2D eigenvalue weighted by molar-refractivity contribution is 5.50. The summed E-state index contributed by atoms with van der Waals surface area (Å²) in [6.45, 7) is 3.10. The standard InChI is InChI=1S/C15H24N5.HI/c1-3-4-5-6-7-8-12-20-17-15(16-18-20)14-10-9-11-19(2)13-14;/h9-11,13H,3-8,12H2,1-2H3;1H/q+1;/p-1. The van der Waals surface area contributed by atoms with Crippen LogP contribution in [0.4, 0.5) is 0 Å². The minimum Gasteiger partial charge on any atom is -1.00 e. The molecule has 0 radical (unpaired) electrons. The average Bonchev–Trinajstić information content (AvgIpc) is 2.91. The number of pyridine rings is 1. The molecule has 0 aliphatic rings. The molecule has 0 fully saturated rings. The van der Waals surface area contributed by atoms with E-state index in [1.807, 2.05) is 36.1 Å². The van der Waals surface area contributed by atoms with Crippen LogP contribution in [0.25, 0.3) is 11.4 Å². The van der Waals surface area contributed by atoms with Gasteiger partial charge in [-0.1, -0.05) is 39.0 Å². The SMILES string of the molecule is CCCCCCCCn1nnc(-c2ccc[n+](C)c2)n1.[I-]. The van der Waals surface area contributed by atoms with Gasteiger partial charge in [0.25, 0.3) is 0 Å². The Hall–Kier alpha value is -1.05. The molecular formula is C15H24IN5. The molecule has 2 aromatic heterocycles. The highest BCUT2D eigenvalue weighted by Crippen LogP contribution is 2.10. The van der Waals surface area contributed by atoms with Crippen LogP contribution in [-0.4, -0.2) is 20.2 Å². The summed E-state index contributed by atoms with van der Waals surface area (Å²) in [6, 6.07) is 4.00. The zero-order valence-electron chi connectivity index (χ0n) is 12.9. The van der Waals surface area contributed by atoms with Crippen LogP contribution in [0.3, 0.4) is 0 Å². The Morgan fingerprint density at radius 1 is 1.14 bits per heavy atom. The highest BCUT2D eigenvalue weighted by atomic mass is 127. The fraction of sp³-hybridized carbons (Fsp3) is 0.600. The van der Waals surface area contributed by atoms with Gasteiger partial charge in [-0.3, -0.25) is 0 Å². The lowest BCUT2D eigenvalue weighted by atomic mass is 10.1. The number of hydrogen-bond donors (Lipinski definition) is 0. The molecule has 0 aliphatic carbocycles. The highest BCUT2D eigenvalue weighted by Gasteiger charge is 2.08. The molecule has 0 N–H and O–H groups in total. The number of nitrogens with zero attached hydrogens (tertiary/aromatic N) is 5. The van der Waals surface area contributed by atoms with Gasteiger partial charge >= 0.3 is 0 Å². The first-order chi connectivity index (χ1) is 9.79. The number of hydrogen-bond acceptors (Lipinski definition) is 3. The monoisotopic (exact) mass is 401 g/mol. The van der Waals surface area contributed by atoms with Crippen molar-refractivity contribution in [2.45, 2.75) is 52.0 Å². The number of halogens is 1. The second-order valence-electron chi connectivity index (χ2n) is 5.23. The Morgan fingerprint density at radius 2 is 1.90 bits per heavy atom. The van der Waals surface area contributed by atoms with Crippen molar-refractivity contribution in [3.05, 3.63) is 24.5 Å². The number of unbranched alkanes of at least 4 members (excludes halogenated alkanes) is 5. The van der Waals surface area contributed by atoms with Crippen LogP contribution in [0.2, 0.25) is 0 Å². The van der Waals surface area contributed by atoms with Crippen molar-refractivity contribution < 1.29 is 28.5 Å². The van der Waals surface area contributed by atoms with E-state index in [1.165, 1.54) is 32.1 Å². The minimum atomic E-state index is 0. The van der Waals surface area contributed by atoms with E-state index in [4.69, 9.17) is 0 Å². The molecule has 0 saturated heterocycles. The van der Waals surface area contributed by atoms with Crippen molar-refractivity contribution in [2.24, 2.45) is 7.05 Å². The molecule has 0 aromatic carbocycles. The van der Waals surface area contributed by atoms with Crippen LogP contribution >= 0.6 is 0 Å². The largest absolute Gasteiger partial charge is 1.00 e. The molecule has 21 heavy (non-hydrogen) atoms. The van der Waals surface area contributed by atoms with E-state index < -0.39 is 0 Å². The van der Waals surface area contributed by atoms with E-state index in [-0.39, 0.29) is 24.0 Å². The summed E-state index contributed by atoms with van der Waals surface area (Å²) >= 11 is 0. The molecule has 0 atom stereocenters. The summed E-state index contributed by atoms with van der Waals surface area (Å²) in [6.07, 6.45) is 11.7. The summed E-state index contributed by atoms with van der Waals surface area (Å²) in [5.41, 5.74) is 1.00. The van der Waals surface area contributed by atoms with Gasteiger partial charge in [-0.25, -0.2) is 4.57 Å². The van der Waals surface area contributed by atoms with Gasteiger partial charge in [-0.15, -0.1) is 10.2 Å². The van der Waals surface area contributed by atoms with E-state index in [9.17, 15) is 0 Å². The molecule has 0 bridgehead atoms. The van der Waals surface area contributed by atoms with Gasteiger partial charge in [0.2, 0.25) is 5.82 Å². The van der Waals surface area contributed by atoms with Crippen LogP contribution in [0.5, 0.6) is 0 Å². The smallest absolute Gasteiger partial charge is 0.210 e. The molecule has 116 valence electrons. The van der Waals surface area contributed by atoms with Crippen molar-refractivity contribution in [1.29, 1.82) is 0 Å². The maximum Gasteiger partial charge on any atom is 0.210 e. The third kappa shape index (κ3) is 6.07. The van der Waals surface area contributed by atoms with Gasteiger partial charge in [0.1, 0.15) is 7.05 Å². The quantitative estimate of drug-likeness (QED) is 0.342. The van der Waals surface area contributed by atoms with Gasteiger partial charge in [-0.2, -0.15) is 4.80 Å². The first kappa shape index (κ1) is 18.0. The summed E-state index contributed by atoms with van der Waals surface area (Å²) < 4.78 is 1.99. The predicted molar refractivity (Wildman–Crippen MR) is 77.8 cm³/mol. The molecule has 5 nitrogen and oxygen atoms in total. The summed E-state index contributed by atoms with van der Waals surface area (Å²) in [7, 11) is 1.99. The third-order valence-corrected chi connectivity index (χ3v) is 3.36. The maximum absolute atomic E-state index is 4.44. The lowest BCUT2D eigenvalue weighted by Gasteiger charge is -1.99. The fourth-order valence-electron chi connectivity index (χ4n) is 2.21. The predicted octanol–water partition coefficient (Wildman–Crippen LogP) is -0.471. The van der Waals surface area contributed by atoms with Gasteiger partial charge in [-0.05, 0) is 17.7 Å². The van der Waals surface area contributed by atoms with Crippen LogP contribution < -0.4 is 28.5 Å². The molecule has 2 heterocycles. The molecular weight excluding hydrogens is 377 g/mol. The van der Waals surface area contributed by atoms with E-state index in [0.717, 1.165) is 18.5 Å². The number of tetrazole rings is 1. The topological polar surface area (TPSA) is 47.5 Å². The van der Waals surface area contributed by atoms with E-state index >= 15 is 0 Å². The van der Waals surface area contributed by atoms with Crippen LogP contribution in [0, 0.1) is 0 Å². The maximum atomic E-state index is 4.44. The van der Waals surface area contributed by atoms with Gasteiger partial charge in [0.05, 0.1) is 12.1 Å². The average molecular weight is 401 g/mol. The van der Waals surface area contributed by atoms with Crippen LogP contribution in [0.1, 0.15) is 45.4 Å². The molecule has 6 heteroatoms. The number of aryl methyl sites for hydroxylation is 2. The Labute approximate surface area is 143 Å². The van der Waals surface area contributed by atoms with Crippen molar-refractivity contribution in [1.82, 2.24) is 20.2 Å². The van der Waals surface area contributed by atoms with Gasteiger partial charge in [0, 0.05) is 6.07 Å². The fourth-order valence-corrected chi connectivity index (χ4v) is 2.21. The Kier molecular flexibility index (Phi) is 8.41. The van der Waals surface area contributed by atoms with E-state index in [2.05, 4.69) is 22.3 Å². The first-order valence-corrected chi connectivity index (χ1v) is 7.53. The summed E-state index contributed by atoms with van der Waals surface area (Å²) in [5, 5.41) is 12.7.